The van der Waals surface area contributed by atoms with Gasteiger partial charge in [-0.25, -0.2) is 12.8 Å². The maximum atomic E-state index is 14.2. The van der Waals surface area contributed by atoms with E-state index in [1.54, 1.807) is 12.1 Å². The van der Waals surface area contributed by atoms with Gasteiger partial charge in [-0.15, -0.1) is 0 Å². The molecule has 0 saturated heterocycles. The fourth-order valence-corrected chi connectivity index (χ4v) is 5.50. The number of anilines is 2. The fraction of sp³-hybridized carbons (Fsp3) is 0.409. The summed E-state index contributed by atoms with van der Waals surface area (Å²) < 4.78 is 47.9. The topological polar surface area (TPSA) is 84.5 Å². The van der Waals surface area contributed by atoms with Crippen LogP contribution < -0.4 is 14.8 Å². The number of nitrogens with one attached hydrogen (secondary N) is 2. The summed E-state index contributed by atoms with van der Waals surface area (Å²) in [6.45, 7) is 2.09. The lowest BCUT2D eigenvalue weighted by atomic mass is 9.80. The highest BCUT2D eigenvalue weighted by atomic mass is 32.2. The van der Waals surface area contributed by atoms with E-state index in [1.165, 1.54) is 37.4 Å². The van der Waals surface area contributed by atoms with Gasteiger partial charge in [0.25, 0.3) is 10.0 Å². The van der Waals surface area contributed by atoms with E-state index in [4.69, 9.17) is 4.74 Å². The first-order chi connectivity index (χ1) is 15.0. The lowest BCUT2D eigenvalue weighted by Gasteiger charge is -2.27. The van der Waals surface area contributed by atoms with Crippen LogP contribution in [0.1, 0.15) is 38.2 Å². The van der Waals surface area contributed by atoms with Crippen molar-refractivity contribution in [1.29, 1.82) is 0 Å². The minimum absolute atomic E-state index is 0.0526. The summed E-state index contributed by atoms with van der Waals surface area (Å²) in [7, 11) is 1.44. The van der Waals surface area contributed by atoms with Crippen molar-refractivity contribution >= 4 is 45.8 Å². The van der Waals surface area contributed by atoms with Gasteiger partial charge in [-0.05, 0) is 48.6 Å². The second-order valence-corrected chi connectivity index (χ2v) is 12.2. The predicted octanol–water partition coefficient (Wildman–Crippen LogP) is 5.09. The van der Waals surface area contributed by atoms with Crippen molar-refractivity contribution < 1.29 is 22.3 Å². The van der Waals surface area contributed by atoms with Gasteiger partial charge in [-0.3, -0.25) is 9.52 Å². The van der Waals surface area contributed by atoms with E-state index in [-0.39, 0.29) is 33.7 Å². The van der Waals surface area contributed by atoms with Gasteiger partial charge in [0.2, 0.25) is 5.91 Å². The summed E-state index contributed by atoms with van der Waals surface area (Å²) in [5.41, 5.74) is 0.980. The van der Waals surface area contributed by atoms with Gasteiger partial charge in [-0.1, -0.05) is 50.4 Å². The van der Waals surface area contributed by atoms with Gasteiger partial charge in [0.15, 0.2) is 5.15 Å². The predicted molar refractivity (Wildman–Crippen MR) is 132 cm³/mol. The summed E-state index contributed by atoms with van der Waals surface area (Å²) in [4.78, 5) is 12.6. The molecule has 1 aliphatic rings. The van der Waals surface area contributed by atoms with E-state index < -0.39 is 15.2 Å². The number of rotatable bonds is 7. The Hall–Kier alpha value is -1.75. The summed E-state index contributed by atoms with van der Waals surface area (Å²) in [6, 6.07) is 10.5. The molecule has 0 spiro atoms. The normalized spacial score (nSPS) is 19.3. The number of sulfonamides is 1. The van der Waals surface area contributed by atoms with Gasteiger partial charge >= 0.3 is 0 Å². The van der Waals surface area contributed by atoms with Crippen LogP contribution in [-0.4, -0.2) is 21.4 Å². The third-order valence-corrected chi connectivity index (χ3v) is 7.81. The molecule has 1 fully saturated rings. The second-order valence-electron chi connectivity index (χ2n) is 8.18. The zero-order chi connectivity index (χ0) is 23.5. The molecule has 10 heteroatoms. The largest absolute Gasteiger partial charge is 0.495 e. The first kappa shape index (κ1) is 24.9. The molecule has 0 aliphatic heterocycles. The Morgan fingerprint density at radius 2 is 1.84 bits per heavy atom. The van der Waals surface area contributed by atoms with E-state index in [2.05, 4.69) is 17.0 Å². The Morgan fingerprint density at radius 3 is 2.50 bits per heavy atom. The van der Waals surface area contributed by atoms with E-state index in [0.717, 1.165) is 25.7 Å². The van der Waals surface area contributed by atoms with Crippen LogP contribution in [0.15, 0.2) is 47.4 Å². The average molecular weight is 498 g/mol. The SMILES string of the molecule is COc1cc(NC(=O)C2CCCCC2C)ccc1S(=O)(=O)Nc1cccc(C(F)(P)P)c1. The molecular weight excluding hydrogens is 469 g/mol. The minimum Gasteiger partial charge on any atom is -0.495 e. The molecule has 1 aliphatic carbocycles. The maximum Gasteiger partial charge on any atom is 0.265 e. The molecule has 2 aromatic carbocycles. The van der Waals surface area contributed by atoms with Crippen LogP contribution in [-0.2, 0) is 20.0 Å². The molecule has 2 N–H and O–H groups in total. The third kappa shape index (κ3) is 5.98. The number of hydrogen-bond acceptors (Lipinski definition) is 4. The van der Waals surface area contributed by atoms with Crippen molar-refractivity contribution in [3.05, 3.63) is 48.0 Å². The third-order valence-electron chi connectivity index (χ3n) is 5.73. The van der Waals surface area contributed by atoms with E-state index in [9.17, 15) is 17.6 Å². The number of amides is 1. The smallest absolute Gasteiger partial charge is 0.265 e. The number of ether oxygens (including phenoxy) is 1. The molecule has 0 aromatic heterocycles. The Balaban J connectivity index is 1.81. The second kappa shape index (κ2) is 10.0. The molecule has 3 rings (SSSR count). The first-order valence-electron chi connectivity index (χ1n) is 10.4. The van der Waals surface area contributed by atoms with Crippen LogP contribution in [0.2, 0.25) is 0 Å². The maximum absolute atomic E-state index is 14.2. The van der Waals surface area contributed by atoms with Crippen molar-refractivity contribution in [3.63, 3.8) is 0 Å². The van der Waals surface area contributed by atoms with Crippen LogP contribution >= 0.6 is 18.5 Å². The van der Waals surface area contributed by atoms with Gasteiger partial charge in [-0.2, -0.15) is 0 Å². The molecule has 32 heavy (non-hydrogen) atoms. The van der Waals surface area contributed by atoms with Crippen LogP contribution in [0.4, 0.5) is 15.8 Å². The highest BCUT2D eigenvalue weighted by molar-refractivity contribution is 7.92. The highest BCUT2D eigenvalue weighted by Gasteiger charge is 2.28. The molecule has 4 atom stereocenters. The van der Waals surface area contributed by atoms with Gasteiger partial charge in [0, 0.05) is 23.4 Å². The van der Waals surface area contributed by atoms with E-state index in [1.807, 2.05) is 18.5 Å². The van der Waals surface area contributed by atoms with E-state index in [0.29, 0.717) is 11.6 Å². The van der Waals surface area contributed by atoms with Gasteiger partial charge < -0.3 is 10.1 Å². The molecule has 174 valence electrons. The first-order valence-corrected chi connectivity index (χ1v) is 13.0. The summed E-state index contributed by atoms with van der Waals surface area (Å²) in [5, 5.41) is 1.12. The molecule has 1 saturated carbocycles. The number of carbonyl (C=O) groups is 1. The van der Waals surface area contributed by atoms with Crippen molar-refractivity contribution in [2.75, 3.05) is 17.1 Å². The Bertz CT molecular complexity index is 1090. The lowest BCUT2D eigenvalue weighted by molar-refractivity contribution is -0.122. The van der Waals surface area contributed by atoms with Crippen molar-refractivity contribution in [3.8, 4) is 5.75 Å². The van der Waals surface area contributed by atoms with Gasteiger partial charge in [0.1, 0.15) is 10.6 Å². The van der Waals surface area contributed by atoms with Crippen LogP contribution in [0.5, 0.6) is 5.75 Å². The number of benzene rings is 2. The quantitative estimate of drug-likeness (QED) is 0.521. The molecule has 1 amide bonds. The van der Waals surface area contributed by atoms with E-state index >= 15 is 0 Å². The molecular formula is C22H29FN2O4P2S. The molecule has 0 heterocycles. The zero-order valence-corrected chi connectivity index (χ0v) is 21.2. The molecule has 2 aromatic rings. The van der Waals surface area contributed by atoms with Crippen LogP contribution in [0.25, 0.3) is 0 Å². The average Bonchev–Trinajstić information content (AvgIpc) is 2.73. The summed E-state index contributed by atoms with van der Waals surface area (Å²) >= 11 is 0. The lowest BCUT2D eigenvalue weighted by Crippen LogP contribution is -2.30. The minimum atomic E-state index is -4.02. The monoisotopic (exact) mass is 498 g/mol. The van der Waals surface area contributed by atoms with Crippen molar-refractivity contribution in [2.24, 2.45) is 11.8 Å². The number of carbonyl (C=O) groups excluding carboxylic acids is 1. The Morgan fingerprint density at radius 1 is 1.12 bits per heavy atom. The van der Waals surface area contributed by atoms with Gasteiger partial charge in [0.05, 0.1) is 7.11 Å². The standard InChI is InChI=1S/C22H29FN2O4P2S/c1-14-6-3-4-9-18(14)21(26)24-16-10-11-20(19(13-16)29-2)32(27,28)25-17-8-5-7-15(12-17)22(23,30)31/h5,7-8,10-14,18,25H,3-4,6,9,30-31H2,1-2H3,(H,24,26). The zero-order valence-electron chi connectivity index (χ0n) is 18.1. The molecule has 0 radical (unpaired) electrons. The molecule has 0 bridgehead atoms. The highest BCUT2D eigenvalue weighted by Crippen LogP contribution is 2.41. The summed E-state index contributed by atoms with van der Waals surface area (Å²) in [5.74, 6) is 0.300. The van der Waals surface area contributed by atoms with Crippen molar-refractivity contribution in [1.82, 2.24) is 0 Å². The fourth-order valence-electron chi connectivity index (χ4n) is 3.94. The van der Waals surface area contributed by atoms with Crippen LogP contribution in [0, 0.1) is 11.8 Å². The number of hydrogen-bond donors (Lipinski definition) is 2. The number of alkyl halides is 1. The number of halogens is 1. The van der Waals surface area contributed by atoms with Crippen molar-refractivity contribution in [2.45, 2.75) is 42.7 Å². The number of methoxy groups -OCH3 is 1. The Labute approximate surface area is 193 Å². The van der Waals surface area contributed by atoms with Crippen LogP contribution in [0.3, 0.4) is 0 Å². The molecule has 6 nitrogen and oxygen atoms in total. The molecule has 4 unspecified atom stereocenters. The summed E-state index contributed by atoms with van der Waals surface area (Å²) in [6.07, 6.45) is 4.06. The Kier molecular flexibility index (Phi) is 7.80.